The van der Waals surface area contributed by atoms with Gasteiger partial charge in [0.15, 0.2) is 0 Å². The van der Waals surface area contributed by atoms with Crippen LogP contribution in [0, 0.1) is 5.92 Å². The molecule has 0 amide bonds. The Morgan fingerprint density at radius 3 is 2.45 bits per heavy atom. The van der Waals surface area contributed by atoms with Crippen molar-refractivity contribution in [2.45, 2.75) is 71.0 Å². The van der Waals surface area contributed by atoms with E-state index in [0.29, 0.717) is 18.1 Å². The number of hydrogen-bond donors (Lipinski definition) is 2. The van der Waals surface area contributed by atoms with Gasteiger partial charge in [-0.3, -0.25) is 0 Å². The van der Waals surface area contributed by atoms with Gasteiger partial charge in [0.05, 0.1) is 0 Å². The summed E-state index contributed by atoms with van der Waals surface area (Å²) in [5.74, 6) is 0.722. The predicted molar refractivity (Wildman–Crippen MR) is 86.8 cm³/mol. The predicted octanol–water partition coefficient (Wildman–Crippen LogP) is 3.81. The van der Waals surface area contributed by atoms with Gasteiger partial charge in [-0.2, -0.15) is 0 Å². The van der Waals surface area contributed by atoms with Crippen LogP contribution in [0.25, 0.3) is 0 Å². The standard InChI is InChI=1S/C18H30N2/c1-13(2)11-15-7-9-16(10-8-15)14(3)20-18-6-4-5-17(19)12-18/h7-10,13-14,17-18,20H,4-6,11-12,19H2,1-3H3. The molecule has 20 heavy (non-hydrogen) atoms. The first-order valence-corrected chi connectivity index (χ1v) is 8.15. The summed E-state index contributed by atoms with van der Waals surface area (Å²) in [7, 11) is 0. The van der Waals surface area contributed by atoms with Gasteiger partial charge in [0.1, 0.15) is 0 Å². The molecule has 0 spiro atoms. The van der Waals surface area contributed by atoms with Gasteiger partial charge in [-0.25, -0.2) is 0 Å². The lowest BCUT2D eigenvalue weighted by molar-refractivity contribution is 0.319. The lowest BCUT2D eigenvalue weighted by atomic mass is 9.90. The highest BCUT2D eigenvalue weighted by molar-refractivity contribution is 5.25. The third kappa shape index (κ3) is 4.60. The van der Waals surface area contributed by atoms with Crippen molar-refractivity contribution >= 4 is 0 Å². The highest BCUT2D eigenvalue weighted by Gasteiger charge is 2.20. The molecule has 0 heterocycles. The van der Waals surface area contributed by atoms with E-state index >= 15 is 0 Å². The van der Waals surface area contributed by atoms with Crippen molar-refractivity contribution in [2.24, 2.45) is 11.7 Å². The minimum atomic E-state index is 0.391. The van der Waals surface area contributed by atoms with Gasteiger partial charge in [-0.05, 0) is 49.7 Å². The molecule has 2 heteroatoms. The molecule has 112 valence electrons. The molecule has 3 unspecified atom stereocenters. The lowest BCUT2D eigenvalue weighted by Crippen LogP contribution is -2.40. The smallest absolute Gasteiger partial charge is 0.0294 e. The topological polar surface area (TPSA) is 38.0 Å². The molecule has 0 saturated heterocycles. The van der Waals surface area contributed by atoms with Crippen LogP contribution in [-0.2, 0) is 6.42 Å². The summed E-state index contributed by atoms with van der Waals surface area (Å²) in [6.07, 6.45) is 6.01. The van der Waals surface area contributed by atoms with E-state index in [1.165, 1.54) is 36.8 Å². The average Bonchev–Trinajstić information content (AvgIpc) is 2.38. The number of benzene rings is 1. The Labute approximate surface area is 124 Å². The van der Waals surface area contributed by atoms with E-state index in [-0.39, 0.29) is 0 Å². The maximum Gasteiger partial charge on any atom is 0.0294 e. The zero-order valence-corrected chi connectivity index (χ0v) is 13.2. The number of nitrogens with two attached hydrogens (primary N) is 1. The number of hydrogen-bond acceptors (Lipinski definition) is 2. The molecule has 1 aliphatic carbocycles. The van der Waals surface area contributed by atoms with Crippen LogP contribution in [0.2, 0.25) is 0 Å². The normalized spacial score (nSPS) is 24.9. The lowest BCUT2D eigenvalue weighted by Gasteiger charge is -2.30. The third-order valence-electron chi connectivity index (χ3n) is 4.32. The van der Waals surface area contributed by atoms with Gasteiger partial charge >= 0.3 is 0 Å². The fourth-order valence-corrected chi connectivity index (χ4v) is 3.24. The summed E-state index contributed by atoms with van der Waals surface area (Å²) in [5, 5.41) is 3.75. The van der Waals surface area contributed by atoms with Crippen LogP contribution in [0.1, 0.15) is 63.6 Å². The highest BCUT2D eigenvalue weighted by atomic mass is 15.0. The van der Waals surface area contributed by atoms with Crippen molar-refractivity contribution in [3.8, 4) is 0 Å². The van der Waals surface area contributed by atoms with Crippen LogP contribution in [0.4, 0.5) is 0 Å². The molecular weight excluding hydrogens is 244 g/mol. The maximum absolute atomic E-state index is 6.07. The minimum Gasteiger partial charge on any atom is -0.328 e. The monoisotopic (exact) mass is 274 g/mol. The average molecular weight is 274 g/mol. The zero-order chi connectivity index (χ0) is 14.5. The van der Waals surface area contributed by atoms with E-state index in [9.17, 15) is 0 Å². The fourth-order valence-electron chi connectivity index (χ4n) is 3.24. The summed E-state index contributed by atoms with van der Waals surface area (Å²) in [6.45, 7) is 6.80. The second kappa shape index (κ2) is 7.24. The van der Waals surface area contributed by atoms with Crippen molar-refractivity contribution in [3.05, 3.63) is 35.4 Å². The van der Waals surface area contributed by atoms with Crippen molar-refractivity contribution < 1.29 is 0 Å². The first-order chi connectivity index (χ1) is 9.54. The molecule has 1 aromatic rings. The molecule has 2 nitrogen and oxygen atoms in total. The molecule has 3 atom stereocenters. The van der Waals surface area contributed by atoms with Crippen LogP contribution in [0.15, 0.2) is 24.3 Å². The van der Waals surface area contributed by atoms with Gasteiger partial charge in [-0.1, -0.05) is 44.5 Å². The van der Waals surface area contributed by atoms with Gasteiger partial charge in [-0.15, -0.1) is 0 Å². The molecule has 1 fully saturated rings. The molecule has 0 bridgehead atoms. The van der Waals surface area contributed by atoms with E-state index in [4.69, 9.17) is 5.73 Å². The highest BCUT2D eigenvalue weighted by Crippen LogP contribution is 2.21. The quantitative estimate of drug-likeness (QED) is 0.857. The fraction of sp³-hybridized carbons (Fsp3) is 0.667. The summed E-state index contributed by atoms with van der Waals surface area (Å²) >= 11 is 0. The van der Waals surface area contributed by atoms with Crippen LogP contribution < -0.4 is 11.1 Å². The Balaban J connectivity index is 1.90. The summed E-state index contributed by atoms with van der Waals surface area (Å²) < 4.78 is 0. The number of nitrogens with one attached hydrogen (secondary N) is 1. The summed E-state index contributed by atoms with van der Waals surface area (Å²) in [4.78, 5) is 0. The van der Waals surface area contributed by atoms with E-state index < -0.39 is 0 Å². The van der Waals surface area contributed by atoms with Crippen molar-refractivity contribution in [2.75, 3.05) is 0 Å². The third-order valence-corrected chi connectivity index (χ3v) is 4.32. The van der Waals surface area contributed by atoms with Crippen molar-refractivity contribution in [1.29, 1.82) is 0 Å². The Kier molecular flexibility index (Phi) is 5.62. The first kappa shape index (κ1) is 15.5. The van der Waals surface area contributed by atoms with Gasteiger partial charge < -0.3 is 11.1 Å². The Bertz CT molecular complexity index is 396. The molecule has 1 aromatic carbocycles. The molecular formula is C18H30N2. The SMILES string of the molecule is CC(C)Cc1ccc(C(C)NC2CCCC(N)C2)cc1. The second-order valence-corrected chi connectivity index (χ2v) is 6.85. The van der Waals surface area contributed by atoms with Crippen LogP contribution in [0.5, 0.6) is 0 Å². The Morgan fingerprint density at radius 2 is 1.85 bits per heavy atom. The summed E-state index contributed by atoms with van der Waals surface area (Å²) in [6, 6.07) is 10.5. The van der Waals surface area contributed by atoms with E-state index in [2.05, 4.69) is 50.4 Å². The van der Waals surface area contributed by atoms with Crippen molar-refractivity contribution in [3.63, 3.8) is 0 Å². The molecule has 2 rings (SSSR count). The molecule has 0 aromatic heterocycles. The molecule has 1 aliphatic rings. The summed E-state index contributed by atoms with van der Waals surface area (Å²) in [5.41, 5.74) is 8.89. The van der Waals surface area contributed by atoms with Gasteiger partial charge in [0, 0.05) is 18.1 Å². The van der Waals surface area contributed by atoms with E-state index in [0.717, 1.165) is 12.3 Å². The van der Waals surface area contributed by atoms with E-state index in [1.807, 2.05) is 0 Å². The van der Waals surface area contributed by atoms with Crippen LogP contribution in [-0.4, -0.2) is 12.1 Å². The Hall–Kier alpha value is -0.860. The first-order valence-electron chi connectivity index (χ1n) is 8.15. The van der Waals surface area contributed by atoms with Crippen molar-refractivity contribution in [1.82, 2.24) is 5.32 Å². The molecule has 1 saturated carbocycles. The largest absolute Gasteiger partial charge is 0.328 e. The van der Waals surface area contributed by atoms with Crippen LogP contribution >= 0.6 is 0 Å². The molecule has 0 radical (unpaired) electrons. The second-order valence-electron chi connectivity index (χ2n) is 6.85. The van der Waals surface area contributed by atoms with Crippen LogP contribution in [0.3, 0.4) is 0 Å². The Morgan fingerprint density at radius 1 is 1.15 bits per heavy atom. The van der Waals surface area contributed by atoms with Gasteiger partial charge in [0.25, 0.3) is 0 Å². The molecule has 3 N–H and O–H groups in total. The molecule has 0 aliphatic heterocycles. The number of rotatable bonds is 5. The van der Waals surface area contributed by atoms with E-state index in [1.54, 1.807) is 0 Å². The maximum atomic E-state index is 6.07. The van der Waals surface area contributed by atoms with Gasteiger partial charge in [0.2, 0.25) is 0 Å². The zero-order valence-electron chi connectivity index (χ0n) is 13.2. The minimum absolute atomic E-state index is 0.391.